The molecule has 35 heavy (non-hydrogen) atoms. The van der Waals surface area contributed by atoms with Gasteiger partial charge in [-0.15, -0.1) is 0 Å². The molecule has 186 valence electrons. The van der Waals surface area contributed by atoms with Crippen molar-refractivity contribution in [3.63, 3.8) is 0 Å². The molecule has 0 saturated carbocycles. The van der Waals surface area contributed by atoms with Crippen LogP contribution in [0.25, 0.3) is 0 Å². The van der Waals surface area contributed by atoms with Crippen LogP contribution in [0.4, 0.5) is 0 Å². The highest BCUT2D eigenvalue weighted by molar-refractivity contribution is 14.1. The van der Waals surface area contributed by atoms with Crippen molar-refractivity contribution in [2.75, 3.05) is 24.2 Å². The van der Waals surface area contributed by atoms with Crippen molar-refractivity contribution in [3.05, 3.63) is 70.1 Å². The zero-order chi connectivity index (χ0) is 24.8. The summed E-state index contributed by atoms with van der Waals surface area (Å²) in [5.74, 6) is -0.167. The van der Waals surface area contributed by atoms with E-state index >= 15 is 0 Å². The second-order valence-electron chi connectivity index (χ2n) is 8.57. The van der Waals surface area contributed by atoms with Crippen LogP contribution in [0.5, 0.6) is 5.75 Å². The molecule has 0 unspecified atom stereocenters. The van der Waals surface area contributed by atoms with Gasteiger partial charge < -0.3 is 19.1 Å². The smallest absolute Gasteiger partial charge is 0.336 e. The Balaban J connectivity index is 1.55. The maximum Gasteiger partial charge on any atom is 0.336 e. The number of nitrogens with zero attached hydrogens (tertiary/aromatic N) is 2. The van der Waals surface area contributed by atoms with Crippen LogP contribution in [0.15, 0.2) is 53.9 Å². The van der Waals surface area contributed by atoms with Crippen LogP contribution in [0.1, 0.15) is 43.2 Å². The van der Waals surface area contributed by atoms with Gasteiger partial charge in [-0.1, -0.05) is 52.4 Å². The van der Waals surface area contributed by atoms with Crippen LogP contribution >= 0.6 is 34.2 Å². The third-order valence-electron chi connectivity index (χ3n) is 6.24. The van der Waals surface area contributed by atoms with Gasteiger partial charge in [0.1, 0.15) is 17.5 Å². The first-order valence-corrected chi connectivity index (χ1v) is 13.6. The van der Waals surface area contributed by atoms with E-state index in [9.17, 15) is 9.59 Å². The summed E-state index contributed by atoms with van der Waals surface area (Å²) >= 11 is 8.23. The Morgan fingerprint density at radius 2 is 2.06 bits per heavy atom. The van der Waals surface area contributed by atoms with E-state index in [0.717, 1.165) is 34.1 Å². The topological polar surface area (TPSA) is 78.0 Å². The van der Waals surface area contributed by atoms with Crippen molar-refractivity contribution < 1.29 is 23.8 Å². The van der Waals surface area contributed by atoms with Crippen LogP contribution in [0, 0.1) is 0 Å². The average molecular weight is 611 g/mol. The molecule has 3 heterocycles. The summed E-state index contributed by atoms with van der Waals surface area (Å²) in [6.07, 6.45) is 3.63. The molecule has 2 aromatic rings. The van der Waals surface area contributed by atoms with Crippen molar-refractivity contribution >= 4 is 46.1 Å². The second kappa shape index (κ2) is 12.2. The van der Waals surface area contributed by atoms with E-state index < -0.39 is 11.9 Å². The number of hydrogen-bond donors (Lipinski definition) is 0. The van der Waals surface area contributed by atoms with Gasteiger partial charge in [-0.3, -0.25) is 4.79 Å². The van der Waals surface area contributed by atoms with Gasteiger partial charge >= 0.3 is 5.97 Å². The first-order chi connectivity index (χ1) is 17.0. The summed E-state index contributed by atoms with van der Waals surface area (Å²) in [4.78, 5) is 32.4. The van der Waals surface area contributed by atoms with E-state index in [1.54, 1.807) is 30.2 Å². The van der Waals surface area contributed by atoms with Crippen molar-refractivity contribution in [1.82, 2.24) is 9.88 Å². The summed E-state index contributed by atoms with van der Waals surface area (Å²) in [6.45, 7) is 3.70. The van der Waals surface area contributed by atoms with Gasteiger partial charge in [0, 0.05) is 35.3 Å². The van der Waals surface area contributed by atoms with Gasteiger partial charge in [0.15, 0.2) is 0 Å². The third kappa shape index (κ3) is 6.54. The standard InChI is InChI=1S/C26H28ClIN2O5/c1-17-25(26(32)35-16-18-4-7-20(8-5-18)34-12-10-28)22(19-6-9-23(27)29-14-19)13-24(31)30(17)15-21-3-2-11-33-21/h4-9,14,21-22H,2-3,10-13,15-16H2,1H3/t21-,22+/m0/s1. The molecule has 1 aromatic heterocycles. The van der Waals surface area contributed by atoms with Gasteiger partial charge in [0.05, 0.1) is 24.8 Å². The molecule has 2 aliphatic rings. The van der Waals surface area contributed by atoms with Gasteiger partial charge in [-0.25, -0.2) is 9.78 Å². The van der Waals surface area contributed by atoms with E-state index in [0.29, 0.717) is 36.2 Å². The summed E-state index contributed by atoms with van der Waals surface area (Å²) < 4.78 is 18.0. The lowest BCUT2D eigenvalue weighted by Gasteiger charge is -2.35. The van der Waals surface area contributed by atoms with Crippen molar-refractivity contribution in [2.24, 2.45) is 0 Å². The maximum absolute atomic E-state index is 13.4. The van der Waals surface area contributed by atoms with Gasteiger partial charge in [-0.05, 0) is 49.1 Å². The van der Waals surface area contributed by atoms with Crippen LogP contribution in [-0.4, -0.2) is 52.1 Å². The molecule has 1 amide bonds. The molecule has 1 aromatic carbocycles. The number of hydrogen-bond acceptors (Lipinski definition) is 6. The van der Waals surface area contributed by atoms with Gasteiger partial charge in [0.25, 0.3) is 0 Å². The fourth-order valence-electron chi connectivity index (χ4n) is 4.44. The number of halogens is 2. The van der Waals surface area contributed by atoms with Crippen LogP contribution in [0.2, 0.25) is 5.15 Å². The predicted octanol–water partition coefficient (Wildman–Crippen LogP) is 5.06. The molecule has 0 aliphatic carbocycles. The Morgan fingerprint density at radius 1 is 1.26 bits per heavy atom. The summed E-state index contributed by atoms with van der Waals surface area (Å²) in [7, 11) is 0. The number of benzene rings is 1. The fourth-order valence-corrected chi connectivity index (χ4v) is 4.77. The first kappa shape index (κ1) is 25.9. The van der Waals surface area contributed by atoms with E-state index in [1.165, 1.54) is 0 Å². The molecule has 0 N–H and O–H groups in total. The lowest BCUT2D eigenvalue weighted by atomic mass is 9.84. The molecule has 2 atom stereocenters. The molecular weight excluding hydrogens is 583 g/mol. The SMILES string of the molecule is CC1=C(C(=O)OCc2ccc(OCCI)cc2)[C@@H](c2ccc(Cl)nc2)CC(=O)N1C[C@@H]1CCCO1. The fraction of sp³-hybridized carbons (Fsp3) is 0.423. The van der Waals surface area contributed by atoms with E-state index in [2.05, 4.69) is 27.6 Å². The van der Waals surface area contributed by atoms with Crippen molar-refractivity contribution in [1.29, 1.82) is 0 Å². The lowest BCUT2D eigenvalue weighted by molar-refractivity contribution is -0.141. The summed E-state index contributed by atoms with van der Waals surface area (Å²) in [5.41, 5.74) is 2.67. The number of carbonyl (C=O) groups excluding carboxylic acids is 2. The number of alkyl halides is 1. The van der Waals surface area contributed by atoms with Crippen LogP contribution < -0.4 is 4.74 Å². The number of amides is 1. The van der Waals surface area contributed by atoms with Crippen LogP contribution in [-0.2, 0) is 25.7 Å². The minimum atomic E-state index is -0.454. The number of esters is 1. The molecule has 4 rings (SSSR count). The van der Waals surface area contributed by atoms with E-state index in [4.69, 9.17) is 25.8 Å². The predicted molar refractivity (Wildman–Crippen MR) is 141 cm³/mol. The zero-order valence-electron chi connectivity index (χ0n) is 19.5. The summed E-state index contributed by atoms with van der Waals surface area (Å²) in [5, 5.41) is 0.353. The number of carbonyl (C=O) groups is 2. The largest absolute Gasteiger partial charge is 0.493 e. The molecule has 0 radical (unpaired) electrons. The number of allylic oxidation sites excluding steroid dienone is 1. The normalized spacial score (nSPS) is 20.3. The van der Waals surface area contributed by atoms with Crippen LogP contribution in [0.3, 0.4) is 0 Å². The van der Waals surface area contributed by atoms with Gasteiger partial charge in [-0.2, -0.15) is 0 Å². The molecule has 0 spiro atoms. The quantitative estimate of drug-likeness (QED) is 0.171. The third-order valence-corrected chi connectivity index (χ3v) is 6.91. The number of rotatable bonds is 9. The zero-order valence-corrected chi connectivity index (χ0v) is 22.5. The molecule has 1 saturated heterocycles. The monoisotopic (exact) mass is 610 g/mol. The molecule has 9 heteroatoms. The minimum Gasteiger partial charge on any atom is -0.493 e. The first-order valence-electron chi connectivity index (χ1n) is 11.6. The Bertz CT molecular complexity index is 1070. The second-order valence-corrected chi connectivity index (χ2v) is 10.0. The lowest BCUT2D eigenvalue weighted by Crippen LogP contribution is -2.42. The number of ether oxygens (including phenoxy) is 3. The average Bonchev–Trinajstić information content (AvgIpc) is 3.38. The highest BCUT2D eigenvalue weighted by atomic mass is 127. The Labute approximate surface area is 223 Å². The molecule has 0 bridgehead atoms. The Hall–Kier alpha value is -2.17. The van der Waals surface area contributed by atoms with E-state index in [1.807, 2.05) is 24.3 Å². The highest BCUT2D eigenvalue weighted by Crippen LogP contribution is 2.37. The van der Waals surface area contributed by atoms with Crippen molar-refractivity contribution in [3.8, 4) is 5.75 Å². The number of pyridine rings is 1. The highest BCUT2D eigenvalue weighted by Gasteiger charge is 2.38. The molecular formula is C26H28ClIN2O5. The maximum atomic E-state index is 13.4. The number of aromatic nitrogens is 1. The Morgan fingerprint density at radius 3 is 2.71 bits per heavy atom. The van der Waals surface area contributed by atoms with Crippen molar-refractivity contribution in [2.45, 2.75) is 44.8 Å². The molecule has 2 aliphatic heterocycles. The molecule has 7 nitrogen and oxygen atoms in total. The summed E-state index contributed by atoms with van der Waals surface area (Å²) in [6, 6.07) is 11.0. The van der Waals surface area contributed by atoms with Gasteiger partial charge in [0.2, 0.25) is 5.91 Å². The Kier molecular flexibility index (Phi) is 9.02. The molecule has 1 fully saturated rings. The minimum absolute atomic E-state index is 0.0205. The van der Waals surface area contributed by atoms with E-state index in [-0.39, 0.29) is 25.0 Å².